The molecule has 1 amide bonds. The van der Waals surface area contributed by atoms with Crippen LogP contribution in [0.1, 0.15) is 37.7 Å². The van der Waals surface area contributed by atoms with Crippen molar-refractivity contribution in [3.05, 3.63) is 35.4 Å². The third-order valence-electron chi connectivity index (χ3n) is 3.59. The van der Waals surface area contributed by atoms with Gasteiger partial charge in [0.2, 0.25) is 5.91 Å². The summed E-state index contributed by atoms with van der Waals surface area (Å²) in [4.78, 5) is 11.7. The van der Waals surface area contributed by atoms with E-state index in [-0.39, 0.29) is 0 Å². The summed E-state index contributed by atoms with van der Waals surface area (Å²) in [6, 6.07) is 3.25. The zero-order valence-corrected chi connectivity index (χ0v) is 9.51. The molecular weight excluding hydrogens is 224 g/mol. The molecule has 17 heavy (non-hydrogen) atoms. The smallest absolute Gasteiger partial charge is 0.228 e. The van der Waals surface area contributed by atoms with Gasteiger partial charge in [0.05, 0.1) is 5.41 Å². The van der Waals surface area contributed by atoms with Gasteiger partial charge in [-0.25, -0.2) is 8.78 Å². The molecule has 0 spiro atoms. The van der Waals surface area contributed by atoms with Crippen molar-refractivity contribution in [1.29, 1.82) is 0 Å². The fourth-order valence-electron chi connectivity index (χ4n) is 2.66. The Morgan fingerprint density at radius 2 is 1.59 bits per heavy atom. The predicted molar refractivity (Wildman–Crippen MR) is 60.3 cm³/mol. The largest absolute Gasteiger partial charge is 0.369 e. The first kappa shape index (κ1) is 12.0. The van der Waals surface area contributed by atoms with Crippen LogP contribution in [0.15, 0.2) is 18.2 Å². The lowest BCUT2D eigenvalue weighted by Crippen LogP contribution is -2.42. The van der Waals surface area contributed by atoms with E-state index < -0.39 is 23.0 Å². The molecule has 1 aromatic rings. The van der Waals surface area contributed by atoms with Crippen LogP contribution in [-0.4, -0.2) is 5.91 Å². The molecule has 92 valence electrons. The van der Waals surface area contributed by atoms with Crippen molar-refractivity contribution in [1.82, 2.24) is 0 Å². The summed E-state index contributed by atoms with van der Waals surface area (Å²) in [5.74, 6) is -1.81. The maximum atomic E-state index is 13.2. The van der Waals surface area contributed by atoms with Gasteiger partial charge in [0.1, 0.15) is 11.6 Å². The van der Waals surface area contributed by atoms with Crippen molar-refractivity contribution in [2.75, 3.05) is 0 Å². The Balaban J connectivity index is 2.48. The Morgan fingerprint density at radius 3 is 2.06 bits per heavy atom. The van der Waals surface area contributed by atoms with Crippen LogP contribution in [0.25, 0.3) is 0 Å². The van der Waals surface area contributed by atoms with E-state index in [0.29, 0.717) is 18.4 Å². The van der Waals surface area contributed by atoms with Gasteiger partial charge >= 0.3 is 0 Å². The highest BCUT2D eigenvalue weighted by Crippen LogP contribution is 2.39. The van der Waals surface area contributed by atoms with Crippen molar-refractivity contribution in [3.63, 3.8) is 0 Å². The normalized spacial score (nSPS) is 18.9. The fourth-order valence-corrected chi connectivity index (χ4v) is 2.66. The molecule has 0 saturated heterocycles. The second-order valence-corrected chi connectivity index (χ2v) is 4.67. The van der Waals surface area contributed by atoms with Crippen LogP contribution in [0.5, 0.6) is 0 Å². The number of hydrogen-bond donors (Lipinski definition) is 1. The first-order chi connectivity index (χ1) is 8.04. The monoisotopic (exact) mass is 239 g/mol. The van der Waals surface area contributed by atoms with Gasteiger partial charge in [-0.15, -0.1) is 0 Å². The zero-order chi connectivity index (χ0) is 12.5. The Bertz CT molecular complexity index is 419. The number of benzene rings is 1. The van der Waals surface area contributed by atoms with Gasteiger partial charge in [-0.05, 0) is 30.5 Å². The summed E-state index contributed by atoms with van der Waals surface area (Å²) in [5, 5.41) is 0. The molecule has 4 heteroatoms. The van der Waals surface area contributed by atoms with E-state index in [4.69, 9.17) is 5.73 Å². The molecule has 0 radical (unpaired) electrons. The van der Waals surface area contributed by atoms with Gasteiger partial charge in [-0.1, -0.05) is 19.3 Å². The molecule has 0 unspecified atom stereocenters. The van der Waals surface area contributed by atoms with Gasteiger partial charge in [-0.2, -0.15) is 0 Å². The van der Waals surface area contributed by atoms with Gasteiger partial charge in [0, 0.05) is 6.07 Å². The molecule has 1 saturated carbocycles. The van der Waals surface area contributed by atoms with Crippen LogP contribution in [-0.2, 0) is 10.2 Å². The van der Waals surface area contributed by atoms with E-state index in [0.717, 1.165) is 25.3 Å². The fraction of sp³-hybridized carbons (Fsp3) is 0.462. The standard InChI is InChI=1S/C13H15F2NO/c14-10-6-9(7-11(15)8-10)13(12(16)17)4-2-1-3-5-13/h6-8H,1-5H2,(H2,16,17). The van der Waals surface area contributed by atoms with Crippen LogP contribution in [0.3, 0.4) is 0 Å². The van der Waals surface area contributed by atoms with E-state index in [1.807, 2.05) is 0 Å². The topological polar surface area (TPSA) is 43.1 Å². The summed E-state index contributed by atoms with van der Waals surface area (Å²) in [7, 11) is 0. The Labute approximate surface area is 98.8 Å². The highest BCUT2D eigenvalue weighted by molar-refractivity contribution is 5.86. The third-order valence-corrected chi connectivity index (χ3v) is 3.59. The first-order valence-electron chi connectivity index (χ1n) is 5.81. The summed E-state index contributed by atoms with van der Waals surface area (Å²) < 4.78 is 26.4. The lowest BCUT2D eigenvalue weighted by Gasteiger charge is -2.34. The number of carbonyl (C=O) groups is 1. The average Bonchev–Trinajstić information content (AvgIpc) is 2.28. The van der Waals surface area contributed by atoms with E-state index in [1.165, 1.54) is 12.1 Å². The second-order valence-electron chi connectivity index (χ2n) is 4.67. The molecule has 1 fully saturated rings. The molecular formula is C13H15F2NO. The molecule has 1 aromatic carbocycles. The molecule has 2 nitrogen and oxygen atoms in total. The van der Waals surface area contributed by atoms with Crippen LogP contribution >= 0.6 is 0 Å². The minimum Gasteiger partial charge on any atom is -0.369 e. The second kappa shape index (κ2) is 4.43. The lowest BCUT2D eigenvalue weighted by atomic mass is 9.69. The van der Waals surface area contributed by atoms with Crippen LogP contribution in [0.2, 0.25) is 0 Å². The number of carbonyl (C=O) groups excluding carboxylic acids is 1. The highest BCUT2D eigenvalue weighted by atomic mass is 19.1. The maximum Gasteiger partial charge on any atom is 0.228 e. The number of amides is 1. The molecule has 0 bridgehead atoms. The highest BCUT2D eigenvalue weighted by Gasteiger charge is 2.40. The van der Waals surface area contributed by atoms with Gasteiger partial charge in [0.15, 0.2) is 0 Å². The van der Waals surface area contributed by atoms with E-state index >= 15 is 0 Å². The van der Waals surface area contributed by atoms with Crippen molar-refractivity contribution >= 4 is 5.91 Å². The third kappa shape index (κ3) is 2.16. The zero-order valence-electron chi connectivity index (χ0n) is 9.51. The Morgan fingerprint density at radius 1 is 1.06 bits per heavy atom. The summed E-state index contributed by atoms with van der Waals surface area (Å²) in [6.45, 7) is 0. The molecule has 1 aliphatic rings. The van der Waals surface area contributed by atoms with Crippen molar-refractivity contribution < 1.29 is 13.6 Å². The van der Waals surface area contributed by atoms with Gasteiger partial charge in [0.25, 0.3) is 0 Å². The minimum absolute atomic E-state index is 0.377. The SMILES string of the molecule is NC(=O)C1(c2cc(F)cc(F)c2)CCCCC1. The molecule has 0 aliphatic heterocycles. The van der Waals surface area contributed by atoms with Gasteiger partial charge in [-0.3, -0.25) is 4.79 Å². The summed E-state index contributed by atoms with van der Waals surface area (Å²) in [5.41, 5.74) is 4.94. The van der Waals surface area contributed by atoms with E-state index in [9.17, 15) is 13.6 Å². The van der Waals surface area contributed by atoms with Crippen LogP contribution in [0, 0.1) is 11.6 Å². The molecule has 0 atom stereocenters. The predicted octanol–water partition coefficient (Wildman–Crippen LogP) is 2.65. The molecule has 0 heterocycles. The van der Waals surface area contributed by atoms with Crippen LogP contribution in [0.4, 0.5) is 8.78 Å². The summed E-state index contributed by atoms with van der Waals surface area (Å²) >= 11 is 0. The van der Waals surface area contributed by atoms with E-state index in [1.54, 1.807) is 0 Å². The average molecular weight is 239 g/mol. The molecule has 2 rings (SSSR count). The quantitative estimate of drug-likeness (QED) is 0.847. The minimum atomic E-state index is -0.888. The van der Waals surface area contributed by atoms with Crippen molar-refractivity contribution in [3.8, 4) is 0 Å². The number of rotatable bonds is 2. The van der Waals surface area contributed by atoms with Crippen molar-refractivity contribution in [2.24, 2.45) is 5.73 Å². The summed E-state index contributed by atoms with van der Waals surface area (Å²) in [6.07, 6.45) is 3.91. The van der Waals surface area contributed by atoms with E-state index in [2.05, 4.69) is 0 Å². The number of primary amides is 1. The Hall–Kier alpha value is -1.45. The maximum absolute atomic E-state index is 13.2. The molecule has 1 aliphatic carbocycles. The lowest BCUT2D eigenvalue weighted by molar-refractivity contribution is -0.124. The van der Waals surface area contributed by atoms with Crippen molar-refractivity contribution in [2.45, 2.75) is 37.5 Å². The molecule has 2 N–H and O–H groups in total. The number of hydrogen-bond acceptors (Lipinski definition) is 1. The molecule has 0 aromatic heterocycles. The Kier molecular flexibility index (Phi) is 3.13. The first-order valence-corrected chi connectivity index (χ1v) is 5.81. The number of nitrogens with two attached hydrogens (primary N) is 1. The number of halogens is 2. The van der Waals surface area contributed by atoms with Gasteiger partial charge < -0.3 is 5.73 Å². The van der Waals surface area contributed by atoms with Crippen LogP contribution < -0.4 is 5.73 Å².